The number of halogens is 2. The molecule has 0 aromatic heterocycles. The van der Waals surface area contributed by atoms with Crippen LogP contribution in [-0.2, 0) is 6.54 Å². The van der Waals surface area contributed by atoms with Crippen LogP contribution in [0, 0.1) is 0 Å². The van der Waals surface area contributed by atoms with Crippen LogP contribution in [-0.4, -0.2) is 17.0 Å². The van der Waals surface area contributed by atoms with Gasteiger partial charge in [-0.3, -0.25) is 5.32 Å². The van der Waals surface area contributed by atoms with Crippen LogP contribution in [0.15, 0.2) is 45.6 Å². The summed E-state index contributed by atoms with van der Waals surface area (Å²) in [5, 5.41) is 10.6. The van der Waals surface area contributed by atoms with E-state index in [0.29, 0.717) is 6.54 Å². The SMILES string of the molecule is ClC1=NC(NCc2ccccc2)C(Cl)N=N1. The van der Waals surface area contributed by atoms with Gasteiger partial charge in [0.1, 0.15) is 6.17 Å². The van der Waals surface area contributed by atoms with Crippen molar-refractivity contribution in [3.05, 3.63) is 35.9 Å². The van der Waals surface area contributed by atoms with Gasteiger partial charge in [0.2, 0.25) is 5.29 Å². The average Bonchev–Trinajstić information content (AvgIpc) is 2.32. The third kappa shape index (κ3) is 3.01. The van der Waals surface area contributed by atoms with Gasteiger partial charge in [0, 0.05) is 6.54 Å². The number of benzene rings is 1. The molecule has 0 aliphatic carbocycles. The number of amidine groups is 1. The monoisotopic (exact) mass is 256 g/mol. The Bertz CT molecular complexity index is 405. The summed E-state index contributed by atoms with van der Waals surface area (Å²) in [5.74, 6) is 0. The van der Waals surface area contributed by atoms with Gasteiger partial charge >= 0.3 is 0 Å². The lowest BCUT2D eigenvalue weighted by Gasteiger charge is -2.18. The summed E-state index contributed by atoms with van der Waals surface area (Å²) in [6, 6.07) is 9.97. The third-order valence-corrected chi connectivity index (χ3v) is 2.61. The second-order valence-corrected chi connectivity index (χ2v) is 4.08. The van der Waals surface area contributed by atoms with Crippen molar-refractivity contribution < 1.29 is 0 Å². The maximum absolute atomic E-state index is 5.93. The van der Waals surface area contributed by atoms with Gasteiger partial charge < -0.3 is 0 Å². The average molecular weight is 257 g/mol. The van der Waals surface area contributed by atoms with E-state index in [2.05, 4.69) is 20.5 Å². The lowest BCUT2D eigenvalue weighted by atomic mass is 10.2. The summed E-state index contributed by atoms with van der Waals surface area (Å²) in [7, 11) is 0. The highest BCUT2D eigenvalue weighted by Crippen LogP contribution is 2.14. The highest BCUT2D eigenvalue weighted by Gasteiger charge is 2.21. The Morgan fingerprint density at radius 3 is 2.75 bits per heavy atom. The van der Waals surface area contributed by atoms with E-state index in [0.717, 1.165) is 5.56 Å². The van der Waals surface area contributed by atoms with E-state index in [4.69, 9.17) is 23.2 Å². The number of nitrogens with one attached hydrogen (secondary N) is 1. The Balaban J connectivity index is 1.93. The van der Waals surface area contributed by atoms with E-state index in [1.165, 1.54) is 0 Å². The van der Waals surface area contributed by atoms with Gasteiger partial charge in [-0.1, -0.05) is 41.9 Å². The number of hydrogen-bond donors (Lipinski definition) is 1. The van der Waals surface area contributed by atoms with E-state index in [1.54, 1.807) is 0 Å². The number of alkyl halides is 1. The van der Waals surface area contributed by atoms with Crippen LogP contribution in [0.5, 0.6) is 0 Å². The van der Waals surface area contributed by atoms with Gasteiger partial charge in [0.15, 0.2) is 5.50 Å². The van der Waals surface area contributed by atoms with E-state index in [9.17, 15) is 0 Å². The molecule has 84 valence electrons. The molecular formula is C10H10Cl2N4. The Kier molecular flexibility index (Phi) is 3.88. The maximum Gasteiger partial charge on any atom is 0.239 e. The molecule has 16 heavy (non-hydrogen) atoms. The van der Waals surface area contributed by atoms with Crippen molar-refractivity contribution >= 4 is 28.5 Å². The Labute approximate surface area is 103 Å². The van der Waals surface area contributed by atoms with Crippen molar-refractivity contribution in [3.63, 3.8) is 0 Å². The molecule has 1 aliphatic heterocycles. The minimum Gasteiger partial charge on any atom is -0.289 e. The molecule has 0 amide bonds. The Morgan fingerprint density at radius 1 is 1.25 bits per heavy atom. The fourth-order valence-corrected chi connectivity index (χ4v) is 1.67. The zero-order chi connectivity index (χ0) is 11.4. The minimum atomic E-state index is -0.508. The molecule has 4 nitrogen and oxygen atoms in total. The number of nitrogens with zero attached hydrogens (tertiary/aromatic N) is 3. The van der Waals surface area contributed by atoms with Crippen LogP contribution >= 0.6 is 23.2 Å². The van der Waals surface area contributed by atoms with Crippen LogP contribution in [0.1, 0.15) is 5.56 Å². The number of rotatable bonds is 3. The van der Waals surface area contributed by atoms with Crippen molar-refractivity contribution in [2.75, 3.05) is 0 Å². The quantitative estimate of drug-likeness (QED) is 0.656. The van der Waals surface area contributed by atoms with Gasteiger partial charge in [0.25, 0.3) is 0 Å². The largest absolute Gasteiger partial charge is 0.289 e. The van der Waals surface area contributed by atoms with Crippen molar-refractivity contribution in [3.8, 4) is 0 Å². The highest BCUT2D eigenvalue weighted by atomic mass is 35.5. The molecule has 0 fully saturated rings. The zero-order valence-corrected chi connectivity index (χ0v) is 9.86. The molecule has 0 bridgehead atoms. The first-order valence-electron chi connectivity index (χ1n) is 4.81. The molecule has 0 saturated carbocycles. The standard InChI is InChI=1S/C10H10Cl2N4/c11-8-9(14-10(12)16-15-8)13-6-7-4-2-1-3-5-7/h1-5,8-9,13H,6H2. The molecule has 2 unspecified atom stereocenters. The van der Waals surface area contributed by atoms with Gasteiger partial charge in [-0.2, -0.15) is 5.11 Å². The van der Waals surface area contributed by atoms with Gasteiger partial charge in [-0.05, 0) is 17.2 Å². The molecule has 1 aliphatic rings. The molecule has 0 spiro atoms. The van der Waals surface area contributed by atoms with E-state index >= 15 is 0 Å². The van der Waals surface area contributed by atoms with Crippen LogP contribution in [0.4, 0.5) is 0 Å². The fourth-order valence-electron chi connectivity index (χ4n) is 1.33. The zero-order valence-electron chi connectivity index (χ0n) is 8.35. The summed E-state index contributed by atoms with van der Waals surface area (Å²) in [5.41, 5.74) is 0.645. The predicted octanol–water partition coefficient (Wildman–Crippen LogP) is 2.73. The van der Waals surface area contributed by atoms with Gasteiger partial charge in [-0.25, -0.2) is 4.99 Å². The molecule has 2 atom stereocenters. The highest BCUT2D eigenvalue weighted by molar-refractivity contribution is 6.65. The van der Waals surface area contributed by atoms with Crippen molar-refractivity contribution in [2.24, 2.45) is 15.2 Å². The van der Waals surface area contributed by atoms with Crippen molar-refractivity contribution in [2.45, 2.75) is 18.2 Å². The van der Waals surface area contributed by atoms with E-state index in [1.807, 2.05) is 30.3 Å². The smallest absolute Gasteiger partial charge is 0.239 e. The normalized spacial score (nSPS) is 24.2. The topological polar surface area (TPSA) is 49.1 Å². The summed E-state index contributed by atoms with van der Waals surface area (Å²) in [6.07, 6.45) is -0.327. The summed E-state index contributed by atoms with van der Waals surface area (Å²) in [4.78, 5) is 4.06. The Morgan fingerprint density at radius 2 is 2.00 bits per heavy atom. The summed E-state index contributed by atoms with van der Waals surface area (Å²) >= 11 is 11.6. The number of azo groups is 1. The van der Waals surface area contributed by atoms with Crippen LogP contribution in [0.25, 0.3) is 0 Å². The number of aliphatic imine (C=N–C) groups is 1. The molecule has 1 aromatic carbocycles. The number of hydrogen-bond acceptors (Lipinski definition) is 4. The minimum absolute atomic E-state index is 0.127. The lowest BCUT2D eigenvalue weighted by molar-refractivity contribution is 0.496. The Hall–Kier alpha value is -0.970. The molecular weight excluding hydrogens is 247 g/mol. The van der Waals surface area contributed by atoms with Crippen molar-refractivity contribution in [1.82, 2.24) is 5.32 Å². The molecule has 1 N–H and O–H groups in total. The molecule has 1 aromatic rings. The molecule has 2 rings (SSSR count). The first-order chi connectivity index (χ1) is 7.75. The first kappa shape index (κ1) is 11.5. The predicted molar refractivity (Wildman–Crippen MR) is 64.9 cm³/mol. The van der Waals surface area contributed by atoms with Crippen LogP contribution in [0.3, 0.4) is 0 Å². The summed E-state index contributed by atoms with van der Waals surface area (Å²) in [6.45, 7) is 0.665. The third-order valence-electron chi connectivity index (χ3n) is 2.11. The summed E-state index contributed by atoms with van der Waals surface area (Å²) < 4.78 is 0. The second kappa shape index (κ2) is 5.39. The molecule has 1 heterocycles. The van der Waals surface area contributed by atoms with Crippen molar-refractivity contribution in [1.29, 1.82) is 0 Å². The van der Waals surface area contributed by atoms with E-state index in [-0.39, 0.29) is 11.5 Å². The molecule has 0 radical (unpaired) electrons. The lowest BCUT2D eigenvalue weighted by Crippen LogP contribution is -2.36. The van der Waals surface area contributed by atoms with Gasteiger partial charge in [-0.15, -0.1) is 5.11 Å². The fraction of sp³-hybridized carbons (Fsp3) is 0.300. The second-order valence-electron chi connectivity index (χ2n) is 3.30. The molecule has 6 heteroatoms. The van der Waals surface area contributed by atoms with Crippen LogP contribution in [0.2, 0.25) is 0 Å². The maximum atomic E-state index is 5.93. The van der Waals surface area contributed by atoms with Crippen LogP contribution < -0.4 is 5.32 Å². The van der Waals surface area contributed by atoms with Gasteiger partial charge in [0.05, 0.1) is 0 Å². The molecule has 0 saturated heterocycles. The van der Waals surface area contributed by atoms with E-state index < -0.39 is 5.50 Å². The first-order valence-corrected chi connectivity index (χ1v) is 5.63.